The predicted octanol–water partition coefficient (Wildman–Crippen LogP) is 2.67. The van der Waals surface area contributed by atoms with Gasteiger partial charge >= 0.3 is 0 Å². The molecule has 1 aliphatic heterocycles. The lowest BCUT2D eigenvalue weighted by Gasteiger charge is -2.02. The second kappa shape index (κ2) is 6.50. The zero-order valence-electron chi connectivity index (χ0n) is 14.0. The van der Waals surface area contributed by atoms with Gasteiger partial charge in [0.15, 0.2) is 0 Å². The van der Waals surface area contributed by atoms with Crippen molar-refractivity contribution in [2.75, 3.05) is 12.3 Å². The Morgan fingerprint density at radius 1 is 1.15 bits per heavy atom. The van der Waals surface area contributed by atoms with Crippen molar-refractivity contribution < 1.29 is 5.11 Å². The van der Waals surface area contributed by atoms with Crippen LogP contribution in [0.2, 0.25) is 0 Å². The summed E-state index contributed by atoms with van der Waals surface area (Å²) in [6.07, 6.45) is 3.61. The monoisotopic (exact) mass is 346 g/mol. The molecule has 0 atom stereocenters. The second-order valence-electron chi connectivity index (χ2n) is 6.08. The molecule has 4 N–H and O–H groups in total. The van der Waals surface area contributed by atoms with Gasteiger partial charge < -0.3 is 10.8 Å². The summed E-state index contributed by atoms with van der Waals surface area (Å²) in [4.78, 5) is 17.2. The van der Waals surface area contributed by atoms with E-state index >= 15 is 0 Å². The summed E-state index contributed by atoms with van der Waals surface area (Å²) in [5, 5.41) is 12.3. The molecule has 6 heteroatoms. The van der Waals surface area contributed by atoms with Crippen LogP contribution in [0.15, 0.2) is 58.3 Å². The van der Waals surface area contributed by atoms with Gasteiger partial charge in [-0.3, -0.25) is 14.9 Å². The highest BCUT2D eigenvalue weighted by Gasteiger charge is 2.17. The van der Waals surface area contributed by atoms with Crippen molar-refractivity contribution in [3.8, 4) is 11.3 Å². The lowest BCUT2D eigenvalue weighted by molar-refractivity contribution is 0.267. The molecular formula is C20H18N4O2. The van der Waals surface area contributed by atoms with E-state index in [4.69, 9.17) is 5.73 Å². The molecule has 0 radical (unpaired) electrons. The Labute approximate surface area is 149 Å². The van der Waals surface area contributed by atoms with Crippen LogP contribution in [0, 0.1) is 0 Å². The molecule has 2 heterocycles. The van der Waals surface area contributed by atoms with Gasteiger partial charge in [-0.1, -0.05) is 30.3 Å². The van der Waals surface area contributed by atoms with Gasteiger partial charge in [-0.2, -0.15) is 0 Å². The third-order valence-corrected chi connectivity index (χ3v) is 4.37. The van der Waals surface area contributed by atoms with Gasteiger partial charge in [0, 0.05) is 28.6 Å². The van der Waals surface area contributed by atoms with Crippen LogP contribution >= 0.6 is 0 Å². The Morgan fingerprint density at radius 3 is 2.69 bits per heavy atom. The molecule has 6 nitrogen and oxygen atoms in total. The van der Waals surface area contributed by atoms with E-state index in [1.807, 2.05) is 42.5 Å². The number of hydrogen-bond acceptors (Lipinski definition) is 4. The van der Waals surface area contributed by atoms with Crippen molar-refractivity contribution in [2.24, 2.45) is 4.99 Å². The maximum Gasteiger partial charge on any atom is 0.274 e. The fraction of sp³-hybridized carbons (Fsp3) is 0.100. The fourth-order valence-electron chi connectivity index (χ4n) is 3.07. The van der Waals surface area contributed by atoms with E-state index in [9.17, 15) is 9.90 Å². The smallest absolute Gasteiger partial charge is 0.274 e. The van der Waals surface area contributed by atoms with Crippen molar-refractivity contribution in [3.63, 3.8) is 0 Å². The molecule has 1 aliphatic rings. The van der Waals surface area contributed by atoms with Crippen LogP contribution in [-0.2, 0) is 6.54 Å². The number of nitrogens with zero attached hydrogens (tertiary/aromatic N) is 2. The van der Waals surface area contributed by atoms with Gasteiger partial charge in [0.25, 0.3) is 5.56 Å². The standard InChI is InChI=1S/C20H18N4O2/c21-15-7-5-13(6-8-15)19-17(20(26)24(23-19)9-10-25)11-14-12-22-18-4-2-1-3-16(14)18/h1-8,11-12,23,25H,9-10,21H2/b14-11+. The van der Waals surface area contributed by atoms with E-state index in [1.54, 1.807) is 18.3 Å². The number of anilines is 1. The lowest BCUT2D eigenvalue weighted by atomic mass is 10.0. The van der Waals surface area contributed by atoms with E-state index in [1.165, 1.54) is 4.68 Å². The van der Waals surface area contributed by atoms with Crippen LogP contribution in [-0.4, -0.2) is 27.7 Å². The highest BCUT2D eigenvalue weighted by Crippen LogP contribution is 2.33. The second-order valence-corrected chi connectivity index (χ2v) is 6.08. The number of benzene rings is 2. The van der Waals surface area contributed by atoms with Crippen molar-refractivity contribution >= 4 is 29.2 Å². The molecule has 0 fully saturated rings. The van der Waals surface area contributed by atoms with Crippen molar-refractivity contribution in [1.29, 1.82) is 0 Å². The van der Waals surface area contributed by atoms with E-state index < -0.39 is 0 Å². The van der Waals surface area contributed by atoms with Crippen molar-refractivity contribution in [1.82, 2.24) is 9.78 Å². The van der Waals surface area contributed by atoms with E-state index in [0.717, 1.165) is 22.4 Å². The molecule has 0 saturated heterocycles. The van der Waals surface area contributed by atoms with Crippen LogP contribution in [0.5, 0.6) is 0 Å². The van der Waals surface area contributed by atoms with Gasteiger partial charge in [0.2, 0.25) is 0 Å². The highest BCUT2D eigenvalue weighted by molar-refractivity contribution is 6.21. The number of fused-ring (bicyclic) bond motifs is 1. The minimum atomic E-state index is -0.184. The summed E-state index contributed by atoms with van der Waals surface area (Å²) in [7, 11) is 0. The number of hydrogen-bond donors (Lipinski definition) is 3. The maximum atomic E-state index is 12.8. The number of nitrogens with two attached hydrogens (primary N) is 1. The Kier molecular flexibility index (Phi) is 4.02. The first kappa shape index (κ1) is 16.1. The number of nitrogen functional groups attached to an aromatic ring is 1. The number of rotatable bonds is 4. The molecule has 26 heavy (non-hydrogen) atoms. The Bertz CT molecular complexity index is 1070. The minimum absolute atomic E-state index is 0.123. The molecule has 3 aromatic rings. The van der Waals surface area contributed by atoms with Crippen molar-refractivity contribution in [3.05, 3.63) is 70.0 Å². The number of nitrogens with one attached hydrogen (secondary N) is 1. The topological polar surface area (TPSA) is 96.4 Å². The van der Waals surface area contributed by atoms with Crippen LogP contribution in [0.1, 0.15) is 11.1 Å². The summed E-state index contributed by atoms with van der Waals surface area (Å²) >= 11 is 0. The largest absolute Gasteiger partial charge is 0.399 e. The van der Waals surface area contributed by atoms with Gasteiger partial charge in [0.1, 0.15) is 0 Å². The fourth-order valence-corrected chi connectivity index (χ4v) is 3.07. The quantitative estimate of drug-likeness (QED) is 0.634. The molecule has 0 aliphatic carbocycles. The van der Waals surface area contributed by atoms with Gasteiger partial charge in [-0.05, 0) is 24.3 Å². The number of H-pyrrole nitrogens is 1. The highest BCUT2D eigenvalue weighted by atomic mass is 16.3. The number of allylic oxidation sites excluding steroid dienone is 1. The van der Waals surface area contributed by atoms with E-state index in [0.29, 0.717) is 16.9 Å². The third-order valence-electron chi connectivity index (χ3n) is 4.37. The van der Waals surface area contributed by atoms with E-state index in [-0.39, 0.29) is 18.7 Å². The van der Waals surface area contributed by atoms with Crippen molar-refractivity contribution in [2.45, 2.75) is 6.54 Å². The number of aliphatic hydroxyl groups excluding tert-OH is 1. The van der Waals surface area contributed by atoms with Gasteiger partial charge in [-0.15, -0.1) is 0 Å². The lowest BCUT2D eigenvalue weighted by Crippen LogP contribution is -2.19. The van der Waals surface area contributed by atoms with E-state index in [2.05, 4.69) is 10.1 Å². The molecular weight excluding hydrogens is 328 g/mol. The average molecular weight is 346 g/mol. The summed E-state index contributed by atoms with van der Waals surface area (Å²) in [5.74, 6) is 0. The third kappa shape index (κ3) is 2.76. The Balaban J connectivity index is 1.88. The number of aliphatic hydroxyl groups is 1. The molecule has 1 aromatic heterocycles. The number of para-hydroxylation sites is 1. The maximum absolute atomic E-state index is 12.8. The van der Waals surface area contributed by atoms with Crippen LogP contribution < -0.4 is 11.3 Å². The first-order valence-corrected chi connectivity index (χ1v) is 8.32. The van der Waals surface area contributed by atoms with Crippen LogP contribution in [0.4, 0.5) is 11.4 Å². The summed E-state index contributed by atoms with van der Waals surface area (Å²) < 4.78 is 1.41. The summed E-state index contributed by atoms with van der Waals surface area (Å²) in [5.41, 5.74) is 11.1. The molecule has 0 spiro atoms. The number of aromatic amines is 1. The molecule has 2 aromatic carbocycles. The number of aromatic nitrogens is 2. The molecule has 130 valence electrons. The molecule has 0 saturated carbocycles. The average Bonchev–Trinajstić information content (AvgIpc) is 3.20. The van der Waals surface area contributed by atoms with Crippen LogP contribution in [0.3, 0.4) is 0 Å². The van der Waals surface area contributed by atoms with Gasteiger partial charge in [-0.25, -0.2) is 4.68 Å². The van der Waals surface area contributed by atoms with Crippen LogP contribution in [0.25, 0.3) is 22.9 Å². The molecule has 0 unspecified atom stereocenters. The number of aliphatic imine (C=N–C) groups is 1. The first-order chi connectivity index (χ1) is 12.7. The molecule has 0 amide bonds. The Morgan fingerprint density at radius 2 is 1.92 bits per heavy atom. The molecule has 4 rings (SSSR count). The zero-order valence-corrected chi connectivity index (χ0v) is 14.0. The normalized spacial score (nSPS) is 14.1. The minimum Gasteiger partial charge on any atom is -0.399 e. The SMILES string of the molecule is Nc1ccc(-c2[nH]n(CCO)c(=O)c2/C=C2\C=Nc3ccccc32)cc1. The Hall–Kier alpha value is -3.38. The first-order valence-electron chi connectivity index (χ1n) is 8.32. The molecule has 0 bridgehead atoms. The summed E-state index contributed by atoms with van der Waals surface area (Å²) in [6.45, 7) is 0.0799. The predicted molar refractivity (Wildman–Crippen MR) is 104 cm³/mol. The van der Waals surface area contributed by atoms with Gasteiger partial charge in [0.05, 0.1) is 30.1 Å². The summed E-state index contributed by atoms with van der Waals surface area (Å²) in [6, 6.07) is 15.1. The zero-order chi connectivity index (χ0) is 18.1.